The normalized spacial score (nSPS) is 10.8. The van der Waals surface area contributed by atoms with Gasteiger partial charge in [0.25, 0.3) is 5.91 Å². The van der Waals surface area contributed by atoms with E-state index < -0.39 is 0 Å². The smallest absolute Gasteiger partial charge is 0.252 e. The summed E-state index contributed by atoms with van der Waals surface area (Å²) in [6.45, 7) is 0.135. The van der Waals surface area contributed by atoms with Crippen molar-refractivity contribution in [1.82, 2.24) is 10.3 Å². The average molecular weight is 362 g/mol. The first-order chi connectivity index (χ1) is 12.7. The molecule has 0 unspecified atom stereocenters. The molecule has 128 valence electrons. The lowest BCUT2D eigenvalue weighted by molar-refractivity contribution is 0.0952. The van der Waals surface area contributed by atoms with E-state index in [2.05, 4.69) is 10.3 Å². The molecule has 3 nitrogen and oxygen atoms in total. The number of halogens is 1. The third-order valence-electron chi connectivity index (χ3n) is 4.13. The van der Waals surface area contributed by atoms with Gasteiger partial charge in [-0.25, -0.2) is 9.37 Å². The number of benzene rings is 2. The molecule has 0 aliphatic rings. The highest BCUT2D eigenvalue weighted by Gasteiger charge is 2.14. The summed E-state index contributed by atoms with van der Waals surface area (Å²) in [6, 6.07) is 19.7. The van der Waals surface area contributed by atoms with Crippen molar-refractivity contribution in [2.24, 2.45) is 0 Å². The molecule has 0 saturated carbocycles. The van der Waals surface area contributed by atoms with Gasteiger partial charge in [-0.15, -0.1) is 11.3 Å². The Balaban J connectivity index is 1.70. The van der Waals surface area contributed by atoms with Crippen molar-refractivity contribution < 1.29 is 9.18 Å². The molecule has 0 spiro atoms. The molecule has 0 aliphatic heterocycles. The molecule has 0 bridgehead atoms. The van der Waals surface area contributed by atoms with Crippen LogP contribution in [0.1, 0.15) is 15.9 Å². The van der Waals surface area contributed by atoms with Gasteiger partial charge in [0.1, 0.15) is 5.82 Å². The van der Waals surface area contributed by atoms with E-state index in [1.54, 1.807) is 35.6 Å². The van der Waals surface area contributed by atoms with Crippen LogP contribution in [0.3, 0.4) is 0 Å². The third kappa shape index (κ3) is 3.21. The molecule has 1 amide bonds. The second-order valence-electron chi connectivity index (χ2n) is 5.82. The summed E-state index contributed by atoms with van der Waals surface area (Å²) in [4.78, 5) is 18.5. The first kappa shape index (κ1) is 16.4. The van der Waals surface area contributed by atoms with Crippen LogP contribution in [0.15, 0.2) is 72.1 Å². The zero-order valence-corrected chi connectivity index (χ0v) is 14.6. The molecule has 2 aromatic heterocycles. The predicted octanol–water partition coefficient (Wildman–Crippen LogP) is 5.03. The highest BCUT2D eigenvalue weighted by molar-refractivity contribution is 7.13. The summed E-state index contributed by atoms with van der Waals surface area (Å²) < 4.78 is 13.8. The van der Waals surface area contributed by atoms with Gasteiger partial charge in [0.2, 0.25) is 0 Å². The summed E-state index contributed by atoms with van der Waals surface area (Å²) in [5.74, 6) is -0.573. The maximum absolute atomic E-state index is 13.8. The van der Waals surface area contributed by atoms with Crippen LogP contribution < -0.4 is 5.32 Å². The first-order valence-electron chi connectivity index (χ1n) is 8.17. The number of rotatable bonds is 4. The molecule has 2 heterocycles. The fraction of sp³-hybridized carbons (Fsp3) is 0.0476. The van der Waals surface area contributed by atoms with Crippen molar-refractivity contribution in [3.63, 3.8) is 0 Å². The molecule has 0 aliphatic carbocycles. The van der Waals surface area contributed by atoms with E-state index in [9.17, 15) is 9.18 Å². The number of nitrogens with one attached hydrogen (secondary N) is 1. The zero-order chi connectivity index (χ0) is 17.9. The Morgan fingerprint density at radius 1 is 1.04 bits per heavy atom. The number of thiophene rings is 1. The Hall–Kier alpha value is -3.05. The lowest BCUT2D eigenvalue weighted by Crippen LogP contribution is -2.23. The zero-order valence-electron chi connectivity index (χ0n) is 13.8. The van der Waals surface area contributed by atoms with Gasteiger partial charge in [0, 0.05) is 17.5 Å². The Morgan fingerprint density at radius 2 is 1.85 bits per heavy atom. The van der Waals surface area contributed by atoms with Crippen LogP contribution in [0.2, 0.25) is 0 Å². The second kappa shape index (κ2) is 7.06. The van der Waals surface area contributed by atoms with Crippen molar-refractivity contribution in [1.29, 1.82) is 0 Å². The number of para-hydroxylation sites is 1. The van der Waals surface area contributed by atoms with Gasteiger partial charge in [0.05, 0.1) is 21.7 Å². The van der Waals surface area contributed by atoms with E-state index in [0.29, 0.717) is 11.1 Å². The van der Waals surface area contributed by atoms with Crippen LogP contribution in [0.5, 0.6) is 0 Å². The van der Waals surface area contributed by atoms with Crippen LogP contribution in [0.4, 0.5) is 4.39 Å². The molecule has 4 aromatic rings. The van der Waals surface area contributed by atoms with E-state index >= 15 is 0 Å². The van der Waals surface area contributed by atoms with Crippen molar-refractivity contribution >= 4 is 28.1 Å². The molecule has 0 fully saturated rings. The van der Waals surface area contributed by atoms with E-state index in [4.69, 9.17) is 0 Å². The van der Waals surface area contributed by atoms with Crippen LogP contribution in [0.25, 0.3) is 21.5 Å². The minimum Gasteiger partial charge on any atom is -0.348 e. The number of amides is 1. The SMILES string of the molecule is O=C(NCc1ccccc1F)c1cc(-c2cccs2)nc2ccccc12. The van der Waals surface area contributed by atoms with E-state index in [1.165, 1.54) is 6.07 Å². The summed E-state index contributed by atoms with van der Waals surface area (Å²) in [5, 5.41) is 5.57. The standard InChI is InChI=1S/C21H15FN2OS/c22-17-8-3-1-6-14(17)13-23-21(25)16-12-19(20-10-5-11-26-20)24-18-9-4-2-7-15(16)18/h1-12H,13H2,(H,23,25). The number of hydrogen-bond donors (Lipinski definition) is 1. The quantitative estimate of drug-likeness (QED) is 0.553. The number of pyridine rings is 1. The van der Waals surface area contributed by atoms with E-state index in [1.807, 2.05) is 41.8 Å². The predicted molar refractivity (Wildman–Crippen MR) is 103 cm³/mol. The van der Waals surface area contributed by atoms with Crippen molar-refractivity contribution in [3.8, 4) is 10.6 Å². The van der Waals surface area contributed by atoms with Crippen LogP contribution in [-0.2, 0) is 6.54 Å². The second-order valence-corrected chi connectivity index (χ2v) is 6.77. The van der Waals surface area contributed by atoms with Crippen molar-refractivity contribution in [3.05, 3.63) is 89.1 Å². The summed E-state index contributed by atoms with van der Waals surface area (Å²) >= 11 is 1.57. The highest BCUT2D eigenvalue weighted by atomic mass is 32.1. The number of carbonyl (C=O) groups excluding carboxylic acids is 1. The third-order valence-corrected chi connectivity index (χ3v) is 5.02. The monoisotopic (exact) mass is 362 g/mol. The van der Waals surface area contributed by atoms with Gasteiger partial charge in [-0.1, -0.05) is 42.5 Å². The van der Waals surface area contributed by atoms with Gasteiger partial charge in [-0.05, 0) is 29.6 Å². The number of carbonyl (C=O) groups is 1. The lowest BCUT2D eigenvalue weighted by Gasteiger charge is -2.10. The molecule has 0 atom stereocenters. The average Bonchev–Trinajstić information content (AvgIpc) is 3.21. The molecule has 4 rings (SSSR count). The number of nitrogens with zero attached hydrogens (tertiary/aromatic N) is 1. The van der Waals surface area contributed by atoms with Crippen LogP contribution in [-0.4, -0.2) is 10.9 Å². The minimum absolute atomic E-state index is 0.135. The maximum Gasteiger partial charge on any atom is 0.252 e. The summed E-state index contributed by atoms with van der Waals surface area (Å²) in [7, 11) is 0. The van der Waals surface area contributed by atoms with Gasteiger partial charge in [-0.2, -0.15) is 0 Å². The maximum atomic E-state index is 13.8. The largest absolute Gasteiger partial charge is 0.348 e. The fourth-order valence-corrected chi connectivity index (χ4v) is 3.51. The first-order valence-corrected chi connectivity index (χ1v) is 9.05. The molecule has 26 heavy (non-hydrogen) atoms. The van der Waals surface area contributed by atoms with Crippen molar-refractivity contribution in [2.75, 3.05) is 0 Å². The Kier molecular flexibility index (Phi) is 4.46. The Labute approximate surface area is 154 Å². The molecule has 0 saturated heterocycles. The fourth-order valence-electron chi connectivity index (χ4n) is 2.83. The topological polar surface area (TPSA) is 42.0 Å². The van der Waals surface area contributed by atoms with Gasteiger partial charge in [0.15, 0.2) is 0 Å². The lowest BCUT2D eigenvalue weighted by atomic mass is 10.1. The molecule has 5 heteroatoms. The summed E-state index contributed by atoms with van der Waals surface area (Å²) in [6.07, 6.45) is 0. The number of aromatic nitrogens is 1. The molecule has 1 N–H and O–H groups in total. The van der Waals surface area contributed by atoms with E-state index in [0.717, 1.165) is 21.5 Å². The number of hydrogen-bond acceptors (Lipinski definition) is 3. The molecular weight excluding hydrogens is 347 g/mol. The number of fused-ring (bicyclic) bond motifs is 1. The van der Waals surface area contributed by atoms with Gasteiger partial charge >= 0.3 is 0 Å². The van der Waals surface area contributed by atoms with Gasteiger partial charge < -0.3 is 5.32 Å². The molecule has 2 aromatic carbocycles. The van der Waals surface area contributed by atoms with Gasteiger partial charge in [-0.3, -0.25) is 4.79 Å². The van der Waals surface area contributed by atoms with E-state index in [-0.39, 0.29) is 18.3 Å². The molecule has 0 radical (unpaired) electrons. The molecular formula is C21H15FN2OS. The van der Waals surface area contributed by atoms with Crippen LogP contribution >= 0.6 is 11.3 Å². The Bertz CT molecular complexity index is 1080. The summed E-state index contributed by atoms with van der Waals surface area (Å²) in [5.41, 5.74) is 2.51. The van der Waals surface area contributed by atoms with Crippen molar-refractivity contribution in [2.45, 2.75) is 6.54 Å². The Morgan fingerprint density at radius 3 is 2.65 bits per heavy atom. The highest BCUT2D eigenvalue weighted by Crippen LogP contribution is 2.27. The minimum atomic E-state index is -0.327. The van der Waals surface area contributed by atoms with Crippen LogP contribution in [0, 0.1) is 5.82 Å².